The van der Waals surface area contributed by atoms with Gasteiger partial charge in [-0.1, -0.05) is 42.5 Å². The molecule has 2 aromatic carbocycles. The van der Waals surface area contributed by atoms with Crippen LogP contribution in [0.25, 0.3) is 6.08 Å². The van der Waals surface area contributed by atoms with Crippen molar-refractivity contribution in [2.24, 2.45) is 0 Å². The van der Waals surface area contributed by atoms with Crippen LogP contribution >= 0.6 is 0 Å². The molecule has 29 heavy (non-hydrogen) atoms. The van der Waals surface area contributed by atoms with Crippen molar-refractivity contribution in [3.8, 4) is 5.75 Å². The molecule has 152 valence electrons. The predicted molar refractivity (Wildman–Crippen MR) is 115 cm³/mol. The zero-order valence-electron chi connectivity index (χ0n) is 17.4. The van der Waals surface area contributed by atoms with Gasteiger partial charge >= 0.3 is 0 Å². The first kappa shape index (κ1) is 20.6. The van der Waals surface area contributed by atoms with E-state index in [4.69, 9.17) is 4.74 Å². The van der Waals surface area contributed by atoms with Gasteiger partial charge in [0.05, 0.1) is 0 Å². The molecule has 1 aliphatic heterocycles. The Bertz CT molecular complexity index is 898. The molecule has 1 heterocycles. The van der Waals surface area contributed by atoms with Gasteiger partial charge in [-0.25, -0.2) is 0 Å². The van der Waals surface area contributed by atoms with E-state index < -0.39 is 0 Å². The summed E-state index contributed by atoms with van der Waals surface area (Å²) in [6, 6.07) is 13.8. The third kappa shape index (κ3) is 5.25. The molecule has 2 aromatic rings. The molecular weight excluding hydrogens is 364 g/mol. The van der Waals surface area contributed by atoms with E-state index in [1.165, 1.54) is 0 Å². The second-order valence-corrected chi connectivity index (χ2v) is 7.39. The summed E-state index contributed by atoms with van der Waals surface area (Å²) in [6.07, 6.45) is 3.42. The summed E-state index contributed by atoms with van der Waals surface area (Å²) in [5, 5.41) is 0. The zero-order valence-corrected chi connectivity index (χ0v) is 17.4. The standard InChI is InChI=1S/C24H28N2O3/c1-18-9-10-19(2)24(20(18)3)29-17-23(28)26-15-13-25(14-16-26)22(27)12-11-21-7-5-4-6-8-21/h4-12H,13-17H2,1-3H3/b12-11+. The summed E-state index contributed by atoms with van der Waals surface area (Å²) in [6.45, 7) is 8.17. The molecule has 0 spiro atoms. The van der Waals surface area contributed by atoms with Crippen molar-refractivity contribution in [1.29, 1.82) is 0 Å². The largest absolute Gasteiger partial charge is 0.483 e. The van der Waals surface area contributed by atoms with Crippen molar-refractivity contribution in [2.75, 3.05) is 32.8 Å². The lowest BCUT2D eigenvalue weighted by atomic mass is 10.1. The molecule has 0 aliphatic carbocycles. The van der Waals surface area contributed by atoms with Gasteiger partial charge in [0.15, 0.2) is 6.61 Å². The fourth-order valence-electron chi connectivity index (χ4n) is 3.39. The molecule has 5 heteroatoms. The number of aryl methyl sites for hydroxylation is 2. The van der Waals surface area contributed by atoms with Gasteiger partial charge in [-0.15, -0.1) is 0 Å². The van der Waals surface area contributed by atoms with Crippen LogP contribution in [-0.2, 0) is 9.59 Å². The lowest BCUT2D eigenvalue weighted by Crippen LogP contribution is -2.51. The van der Waals surface area contributed by atoms with Crippen LogP contribution in [0.1, 0.15) is 22.3 Å². The van der Waals surface area contributed by atoms with Gasteiger partial charge in [-0.3, -0.25) is 9.59 Å². The van der Waals surface area contributed by atoms with E-state index in [9.17, 15) is 9.59 Å². The smallest absolute Gasteiger partial charge is 0.260 e. The van der Waals surface area contributed by atoms with E-state index in [-0.39, 0.29) is 18.4 Å². The summed E-state index contributed by atoms with van der Waals surface area (Å²) in [5.74, 6) is 0.721. The Balaban J connectivity index is 1.49. The van der Waals surface area contributed by atoms with Gasteiger partial charge in [0.25, 0.3) is 5.91 Å². The molecule has 0 aromatic heterocycles. The van der Waals surface area contributed by atoms with Crippen molar-refractivity contribution in [1.82, 2.24) is 9.80 Å². The number of carbonyl (C=O) groups excluding carboxylic acids is 2. The van der Waals surface area contributed by atoms with E-state index in [1.807, 2.05) is 63.2 Å². The van der Waals surface area contributed by atoms with Crippen molar-refractivity contribution in [2.45, 2.75) is 20.8 Å². The Labute approximate surface area is 172 Å². The molecule has 1 saturated heterocycles. The maximum Gasteiger partial charge on any atom is 0.260 e. The van der Waals surface area contributed by atoms with E-state index >= 15 is 0 Å². The van der Waals surface area contributed by atoms with Crippen LogP contribution in [0.3, 0.4) is 0 Å². The highest BCUT2D eigenvalue weighted by molar-refractivity contribution is 5.92. The van der Waals surface area contributed by atoms with Gasteiger partial charge in [0.2, 0.25) is 5.91 Å². The Hall–Kier alpha value is -3.08. The molecule has 0 bridgehead atoms. The fourth-order valence-corrected chi connectivity index (χ4v) is 3.39. The number of amides is 2. The molecule has 1 aliphatic rings. The molecule has 5 nitrogen and oxygen atoms in total. The molecule has 0 atom stereocenters. The highest BCUT2D eigenvalue weighted by Crippen LogP contribution is 2.25. The minimum absolute atomic E-state index is 0.0208. The molecule has 0 unspecified atom stereocenters. The van der Waals surface area contributed by atoms with Crippen LogP contribution in [0.4, 0.5) is 0 Å². The van der Waals surface area contributed by atoms with E-state index in [1.54, 1.807) is 15.9 Å². The minimum atomic E-state index is -0.0442. The lowest BCUT2D eigenvalue weighted by Gasteiger charge is -2.34. The minimum Gasteiger partial charge on any atom is -0.483 e. The monoisotopic (exact) mass is 392 g/mol. The molecular formula is C24H28N2O3. The van der Waals surface area contributed by atoms with Crippen molar-refractivity contribution >= 4 is 17.9 Å². The molecule has 0 radical (unpaired) electrons. The quantitative estimate of drug-likeness (QED) is 0.733. The van der Waals surface area contributed by atoms with Gasteiger partial charge in [-0.2, -0.15) is 0 Å². The SMILES string of the molecule is Cc1ccc(C)c(OCC(=O)N2CCN(C(=O)/C=C/c3ccccc3)CC2)c1C. The van der Waals surface area contributed by atoms with Crippen molar-refractivity contribution in [3.63, 3.8) is 0 Å². The number of piperazine rings is 1. The molecule has 1 fully saturated rings. The first-order chi connectivity index (χ1) is 14.0. The Morgan fingerprint density at radius 1 is 0.897 bits per heavy atom. The highest BCUT2D eigenvalue weighted by Gasteiger charge is 2.23. The molecule has 0 N–H and O–H groups in total. The zero-order chi connectivity index (χ0) is 20.8. The van der Waals surface area contributed by atoms with Crippen LogP contribution < -0.4 is 4.74 Å². The predicted octanol–water partition coefficient (Wildman–Crippen LogP) is 3.37. The van der Waals surface area contributed by atoms with Crippen LogP contribution in [0.5, 0.6) is 5.75 Å². The third-order valence-electron chi connectivity index (χ3n) is 5.38. The average Bonchev–Trinajstić information content (AvgIpc) is 2.75. The number of rotatable bonds is 5. The summed E-state index contributed by atoms with van der Waals surface area (Å²) in [5.41, 5.74) is 4.24. The maximum atomic E-state index is 12.5. The topological polar surface area (TPSA) is 49.9 Å². The second kappa shape index (κ2) is 9.41. The number of carbonyl (C=O) groups is 2. The van der Waals surface area contributed by atoms with Gasteiger partial charge in [-0.05, 0) is 49.1 Å². The maximum absolute atomic E-state index is 12.5. The van der Waals surface area contributed by atoms with Crippen molar-refractivity contribution in [3.05, 3.63) is 70.8 Å². The van der Waals surface area contributed by atoms with Crippen LogP contribution in [0, 0.1) is 20.8 Å². The third-order valence-corrected chi connectivity index (χ3v) is 5.38. The molecule has 2 amide bonds. The normalized spacial score (nSPS) is 14.3. The van der Waals surface area contributed by atoms with E-state index in [2.05, 4.69) is 6.07 Å². The summed E-state index contributed by atoms with van der Waals surface area (Å²) in [4.78, 5) is 28.5. The van der Waals surface area contributed by atoms with Crippen LogP contribution in [-0.4, -0.2) is 54.4 Å². The van der Waals surface area contributed by atoms with Gasteiger partial charge in [0, 0.05) is 32.3 Å². The number of benzene rings is 2. The average molecular weight is 392 g/mol. The number of hydrogen-bond donors (Lipinski definition) is 0. The number of nitrogens with zero attached hydrogens (tertiary/aromatic N) is 2. The Morgan fingerprint density at radius 2 is 1.52 bits per heavy atom. The molecule has 0 saturated carbocycles. The van der Waals surface area contributed by atoms with Crippen molar-refractivity contribution < 1.29 is 14.3 Å². The first-order valence-corrected chi connectivity index (χ1v) is 9.95. The van der Waals surface area contributed by atoms with E-state index in [0.29, 0.717) is 26.2 Å². The van der Waals surface area contributed by atoms with E-state index in [0.717, 1.165) is 28.0 Å². The summed E-state index contributed by atoms with van der Waals surface area (Å²) < 4.78 is 5.84. The number of hydrogen-bond acceptors (Lipinski definition) is 3. The Morgan fingerprint density at radius 3 is 2.21 bits per heavy atom. The summed E-state index contributed by atoms with van der Waals surface area (Å²) >= 11 is 0. The second-order valence-electron chi connectivity index (χ2n) is 7.39. The van der Waals surface area contributed by atoms with Crippen LogP contribution in [0.2, 0.25) is 0 Å². The van der Waals surface area contributed by atoms with Crippen LogP contribution in [0.15, 0.2) is 48.5 Å². The first-order valence-electron chi connectivity index (χ1n) is 9.95. The fraction of sp³-hybridized carbons (Fsp3) is 0.333. The number of ether oxygens (including phenoxy) is 1. The van der Waals surface area contributed by atoms with Gasteiger partial charge in [0.1, 0.15) is 5.75 Å². The molecule has 3 rings (SSSR count). The Kier molecular flexibility index (Phi) is 6.70. The summed E-state index contributed by atoms with van der Waals surface area (Å²) in [7, 11) is 0. The van der Waals surface area contributed by atoms with Gasteiger partial charge < -0.3 is 14.5 Å². The lowest BCUT2D eigenvalue weighted by molar-refractivity contribution is -0.138. The highest BCUT2D eigenvalue weighted by atomic mass is 16.5.